The molecule has 196 valence electrons. The van der Waals surface area contributed by atoms with Crippen LogP contribution in [0.5, 0.6) is 11.5 Å². The monoisotopic (exact) mass is 512 g/mol. The molecule has 2 heterocycles. The maximum Gasteiger partial charge on any atom is 0.333 e. The molecule has 0 saturated carbocycles. The number of nitrogens with zero attached hydrogens (tertiary/aromatic N) is 1. The summed E-state index contributed by atoms with van der Waals surface area (Å²) in [5.74, 6) is -4.92. The molecule has 1 aromatic carbocycles. The van der Waals surface area contributed by atoms with Gasteiger partial charge in [0.15, 0.2) is 29.3 Å². The van der Waals surface area contributed by atoms with E-state index in [1.807, 2.05) is 6.07 Å². The average molecular weight is 513 g/mol. The number of nitrogens with one attached hydrogen (secondary N) is 1. The summed E-state index contributed by atoms with van der Waals surface area (Å²) in [7, 11) is 1.30. The minimum Gasteiger partial charge on any atom is -0.503 e. The number of aromatic nitrogens is 1. The van der Waals surface area contributed by atoms with Crippen LogP contribution in [0.3, 0.4) is 0 Å². The lowest BCUT2D eigenvalue weighted by atomic mass is 9.91. The van der Waals surface area contributed by atoms with E-state index in [1.54, 1.807) is 24.3 Å². The van der Waals surface area contributed by atoms with E-state index in [1.165, 1.54) is 33.2 Å². The van der Waals surface area contributed by atoms with Gasteiger partial charge in [-0.05, 0) is 25.8 Å². The smallest absolute Gasteiger partial charge is 0.333 e. The Morgan fingerprint density at radius 3 is 2.54 bits per heavy atom. The van der Waals surface area contributed by atoms with Crippen molar-refractivity contribution >= 4 is 23.8 Å². The summed E-state index contributed by atoms with van der Waals surface area (Å²) in [5.41, 5.74) is 0.464. The van der Waals surface area contributed by atoms with Gasteiger partial charge in [0.2, 0.25) is 0 Å². The fourth-order valence-electron chi connectivity index (χ4n) is 3.70. The SMILES string of the molecule is C=C(C)C(=O)O[C@H]1[C@H](C)OC(=O)[C@@H](NC(=O)c2nccc(OC)c2O)COC(=O)[C@@H]1Cc1ccccc1. The molecule has 0 radical (unpaired) electrons. The van der Waals surface area contributed by atoms with Crippen LogP contribution in [-0.4, -0.2) is 65.9 Å². The average Bonchev–Trinajstić information content (AvgIpc) is 2.91. The Kier molecular flexibility index (Phi) is 8.83. The predicted molar refractivity (Wildman–Crippen MR) is 129 cm³/mol. The van der Waals surface area contributed by atoms with Crippen molar-refractivity contribution in [3.63, 3.8) is 0 Å². The van der Waals surface area contributed by atoms with E-state index in [0.717, 1.165) is 5.56 Å². The fourth-order valence-corrected chi connectivity index (χ4v) is 3.70. The number of rotatable bonds is 7. The molecule has 0 aliphatic carbocycles. The number of pyridine rings is 1. The second kappa shape index (κ2) is 12.0. The highest BCUT2D eigenvalue weighted by atomic mass is 16.6. The second-order valence-electron chi connectivity index (χ2n) is 8.45. The Bertz CT molecular complexity index is 1180. The molecule has 0 spiro atoms. The molecular formula is C26H28N2O9. The molecule has 1 fully saturated rings. The molecule has 11 heteroatoms. The normalized spacial score (nSPS) is 21.8. The molecule has 1 aliphatic rings. The van der Waals surface area contributed by atoms with E-state index in [-0.39, 0.29) is 17.7 Å². The van der Waals surface area contributed by atoms with E-state index in [2.05, 4.69) is 16.9 Å². The lowest BCUT2D eigenvalue weighted by molar-refractivity contribution is -0.172. The Morgan fingerprint density at radius 1 is 1.19 bits per heavy atom. The van der Waals surface area contributed by atoms with Gasteiger partial charge in [-0.2, -0.15) is 0 Å². The van der Waals surface area contributed by atoms with Crippen LogP contribution in [0.1, 0.15) is 29.9 Å². The molecule has 1 amide bonds. The number of carbonyl (C=O) groups excluding carboxylic acids is 4. The van der Waals surface area contributed by atoms with E-state index in [9.17, 15) is 24.3 Å². The van der Waals surface area contributed by atoms with Crippen LogP contribution in [0.25, 0.3) is 0 Å². The van der Waals surface area contributed by atoms with Crippen molar-refractivity contribution in [3.8, 4) is 11.5 Å². The number of esters is 3. The number of hydrogen-bond donors (Lipinski definition) is 2. The molecule has 11 nitrogen and oxygen atoms in total. The van der Waals surface area contributed by atoms with Gasteiger partial charge in [-0.25, -0.2) is 14.6 Å². The standard InChI is InChI=1S/C26H28N2O9/c1-14(2)24(31)37-22-15(3)36-26(33)18(28-23(30)20-21(29)19(34-4)10-11-27-20)13-35-25(32)17(22)12-16-8-6-5-7-9-16/h5-11,15,17-18,22,29H,1,12-13H2,2-4H3,(H,28,30)/t15-,17+,18-,22-/m0/s1. The van der Waals surface area contributed by atoms with Crippen molar-refractivity contribution in [2.24, 2.45) is 5.92 Å². The first-order valence-electron chi connectivity index (χ1n) is 11.4. The van der Waals surface area contributed by atoms with Gasteiger partial charge >= 0.3 is 17.9 Å². The number of carbonyl (C=O) groups is 4. The molecule has 2 N–H and O–H groups in total. The van der Waals surface area contributed by atoms with Gasteiger partial charge < -0.3 is 29.4 Å². The quantitative estimate of drug-likeness (QED) is 0.319. The Morgan fingerprint density at radius 2 is 1.89 bits per heavy atom. The van der Waals surface area contributed by atoms with Crippen molar-refractivity contribution < 1.29 is 43.2 Å². The van der Waals surface area contributed by atoms with Gasteiger partial charge in [-0.1, -0.05) is 36.9 Å². The maximum atomic E-state index is 13.2. The topological polar surface area (TPSA) is 150 Å². The van der Waals surface area contributed by atoms with E-state index in [0.29, 0.717) is 0 Å². The summed E-state index contributed by atoms with van der Waals surface area (Å²) < 4.78 is 21.4. The number of ether oxygens (including phenoxy) is 4. The largest absolute Gasteiger partial charge is 0.503 e. The van der Waals surface area contributed by atoms with Crippen molar-refractivity contribution in [1.82, 2.24) is 10.3 Å². The third-order valence-corrected chi connectivity index (χ3v) is 5.66. The summed E-state index contributed by atoms with van der Waals surface area (Å²) in [6.07, 6.45) is -0.905. The number of benzene rings is 1. The van der Waals surface area contributed by atoms with Crippen LogP contribution in [-0.2, 0) is 35.0 Å². The van der Waals surface area contributed by atoms with Crippen LogP contribution in [0, 0.1) is 5.92 Å². The maximum absolute atomic E-state index is 13.2. The Labute approximate surface area is 213 Å². The molecule has 3 rings (SSSR count). The molecule has 1 aliphatic heterocycles. The Hall–Kier alpha value is -4.41. The van der Waals surface area contributed by atoms with Gasteiger partial charge in [0.1, 0.15) is 18.6 Å². The molecule has 2 aromatic rings. The van der Waals surface area contributed by atoms with E-state index >= 15 is 0 Å². The summed E-state index contributed by atoms with van der Waals surface area (Å²) in [6, 6.07) is 8.91. The number of cyclic esters (lactones) is 2. The highest BCUT2D eigenvalue weighted by Crippen LogP contribution is 2.28. The number of methoxy groups -OCH3 is 1. The first-order valence-corrected chi connectivity index (χ1v) is 11.4. The summed E-state index contributed by atoms with van der Waals surface area (Å²) in [6.45, 7) is 5.92. The molecule has 1 aromatic heterocycles. The molecule has 0 unspecified atom stereocenters. The molecule has 4 atom stereocenters. The molecule has 0 bridgehead atoms. The third-order valence-electron chi connectivity index (χ3n) is 5.66. The molecular weight excluding hydrogens is 484 g/mol. The number of hydrogen-bond acceptors (Lipinski definition) is 10. The summed E-state index contributed by atoms with van der Waals surface area (Å²) in [4.78, 5) is 55.1. The van der Waals surface area contributed by atoms with Crippen LogP contribution >= 0.6 is 0 Å². The summed E-state index contributed by atoms with van der Waals surface area (Å²) in [5, 5.41) is 12.6. The predicted octanol–water partition coefficient (Wildman–Crippen LogP) is 1.73. The van der Waals surface area contributed by atoms with Crippen molar-refractivity contribution in [3.05, 3.63) is 66.0 Å². The zero-order valence-corrected chi connectivity index (χ0v) is 20.6. The molecule has 1 saturated heterocycles. The molecule has 37 heavy (non-hydrogen) atoms. The van der Waals surface area contributed by atoms with Crippen LogP contribution in [0.2, 0.25) is 0 Å². The van der Waals surface area contributed by atoms with Gasteiger partial charge in [-0.15, -0.1) is 0 Å². The number of aromatic hydroxyl groups is 1. The zero-order chi connectivity index (χ0) is 27.1. The lowest BCUT2D eigenvalue weighted by Crippen LogP contribution is -2.46. The number of amides is 1. The van der Waals surface area contributed by atoms with Crippen molar-refractivity contribution in [2.75, 3.05) is 13.7 Å². The van der Waals surface area contributed by atoms with Gasteiger partial charge in [0.25, 0.3) is 5.91 Å². The van der Waals surface area contributed by atoms with E-state index in [4.69, 9.17) is 18.9 Å². The lowest BCUT2D eigenvalue weighted by Gasteiger charge is -2.29. The third kappa shape index (κ3) is 6.63. The highest BCUT2D eigenvalue weighted by molar-refractivity contribution is 5.98. The van der Waals surface area contributed by atoms with Gasteiger partial charge in [0.05, 0.1) is 7.11 Å². The first kappa shape index (κ1) is 27.2. The van der Waals surface area contributed by atoms with Crippen molar-refractivity contribution in [1.29, 1.82) is 0 Å². The Balaban J connectivity index is 1.88. The van der Waals surface area contributed by atoms with Gasteiger partial charge in [-0.3, -0.25) is 9.59 Å². The zero-order valence-electron chi connectivity index (χ0n) is 20.6. The fraction of sp³-hybridized carbons (Fsp3) is 0.346. The van der Waals surface area contributed by atoms with Gasteiger partial charge in [0, 0.05) is 17.8 Å². The van der Waals surface area contributed by atoms with Crippen LogP contribution in [0.4, 0.5) is 0 Å². The summed E-state index contributed by atoms with van der Waals surface area (Å²) >= 11 is 0. The van der Waals surface area contributed by atoms with Crippen LogP contribution < -0.4 is 10.1 Å². The van der Waals surface area contributed by atoms with Crippen molar-refractivity contribution in [2.45, 2.75) is 38.5 Å². The highest BCUT2D eigenvalue weighted by Gasteiger charge is 2.42. The minimum atomic E-state index is -1.43. The van der Waals surface area contributed by atoms with Crippen LogP contribution in [0.15, 0.2) is 54.7 Å². The second-order valence-corrected chi connectivity index (χ2v) is 8.45. The first-order chi connectivity index (χ1) is 17.6. The van der Waals surface area contributed by atoms with E-state index < -0.39 is 66.0 Å². The minimum absolute atomic E-state index is 0.00293.